The van der Waals surface area contributed by atoms with Crippen molar-refractivity contribution in [2.45, 2.75) is 33.2 Å². The maximum absolute atomic E-state index is 12.1. The van der Waals surface area contributed by atoms with E-state index in [2.05, 4.69) is 18.7 Å². The van der Waals surface area contributed by atoms with E-state index in [1.54, 1.807) is 0 Å². The molecule has 0 radical (unpaired) electrons. The molecule has 1 fully saturated rings. The molecule has 0 saturated carbocycles. The molecule has 0 aliphatic carbocycles. The standard InChI is InChI=1S/C14H28N4O2/c1-4-16(5-2)11-14(20)18-8-6-17(7-9-18)13(19)10-12(3)15/h12H,4-11,15H2,1-3H3. The van der Waals surface area contributed by atoms with E-state index in [0.717, 1.165) is 13.1 Å². The molecule has 0 aromatic heterocycles. The predicted molar refractivity (Wildman–Crippen MR) is 79.2 cm³/mol. The van der Waals surface area contributed by atoms with E-state index in [1.807, 2.05) is 16.7 Å². The Morgan fingerprint density at radius 1 is 1.05 bits per heavy atom. The van der Waals surface area contributed by atoms with Gasteiger partial charge in [-0.3, -0.25) is 14.5 Å². The first-order chi connectivity index (χ1) is 9.47. The van der Waals surface area contributed by atoms with Crippen LogP contribution in [0.2, 0.25) is 0 Å². The van der Waals surface area contributed by atoms with E-state index in [0.29, 0.717) is 39.1 Å². The van der Waals surface area contributed by atoms with Crippen molar-refractivity contribution in [1.29, 1.82) is 0 Å². The summed E-state index contributed by atoms with van der Waals surface area (Å²) in [5.41, 5.74) is 5.64. The molecule has 0 aromatic rings. The number of hydrogen-bond donors (Lipinski definition) is 1. The van der Waals surface area contributed by atoms with Crippen LogP contribution in [0, 0.1) is 0 Å². The van der Waals surface area contributed by atoms with Crippen LogP contribution in [0.15, 0.2) is 0 Å². The molecule has 2 N–H and O–H groups in total. The smallest absolute Gasteiger partial charge is 0.236 e. The van der Waals surface area contributed by atoms with Gasteiger partial charge in [0, 0.05) is 38.6 Å². The Balaban J connectivity index is 2.38. The molecule has 0 aromatic carbocycles. The van der Waals surface area contributed by atoms with Crippen LogP contribution in [-0.2, 0) is 9.59 Å². The van der Waals surface area contributed by atoms with Gasteiger partial charge in [-0.1, -0.05) is 13.8 Å². The molecule has 1 aliphatic rings. The van der Waals surface area contributed by atoms with Crippen molar-refractivity contribution in [3.63, 3.8) is 0 Å². The number of rotatable bonds is 6. The number of carbonyl (C=O) groups excluding carboxylic acids is 2. The summed E-state index contributed by atoms with van der Waals surface area (Å²) in [6.45, 7) is 10.7. The quantitative estimate of drug-likeness (QED) is 0.729. The van der Waals surface area contributed by atoms with Gasteiger partial charge in [-0.25, -0.2) is 0 Å². The van der Waals surface area contributed by atoms with Gasteiger partial charge in [0.2, 0.25) is 11.8 Å². The minimum atomic E-state index is -0.107. The van der Waals surface area contributed by atoms with Crippen LogP contribution in [0.3, 0.4) is 0 Å². The molecular formula is C14H28N4O2. The second-order valence-corrected chi connectivity index (χ2v) is 5.40. The lowest BCUT2D eigenvalue weighted by atomic mass is 10.2. The monoisotopic (exact) mass is 284 g/mol. The van der Waals surface area contributed by atoms with Gasteiger partial charge in [-0.2, -0.15) is 0 Å². The first kappa shape index (κ1) is 16.9. The fourth-order valence-electron chi connectivity index (χ4n) is 2.35. The maximum Gasteiger partial charge on any atom is 0.236 e. The van der Waals surface area contributed by atoms with Crippen molar-refractivity contribution in [3.05, 3.63) is 0 Å². The molecule has 1 heterocycles. The summed E-state index contributed by atoms with van der Waals surface area (Å²) in [6, 6.07) is -0.107. The topological polar surface area (TPSA) is 69.9 Å². The van der Waals surface area contributed by atoms with Gasteiger partial charge in [0.1, 0.15) is 0 Å². The molecule has 116 valence electrons. The zero-order valence-corrected chi connectivity index (χ0v) is 13.0. The molecule has 1 unspecified atom stereocenters. The number of nitrogens with two attached hydrogens (primary N) is 1. The number of piperazine rings is 1. The Kier molecular flexibility index (Phi) is 6.95. The SMILES string of the molecule is CCN(CC)CC(=O)N1CCN(C(=O)CC(C)N)CC1. The summed E-state index contributed by atoms with van der Waals surface area (Å²) in [7, 11) is 0. The average molecular weight is 284 g/mol. The molecule has 0 spiro atoms. The summed E-state index contributed by atoms with van der Waals surface area (Å²) in [4.78, 5) is 29.8. The zero-order chi connectivity index (χ0) is 15.1. The maximum atomic E-state index is 12.1. The number of amides is 2. The molecule has 6 heteroatoms. The molecular weight excluding hydrogens is 256 g/mol. The predicted octanol–water partition coefficient (Wildman–Crippen LogP) is -0.264. The van der Waals surface area contributed by atoms with Crippen molar-refractivity contribution in [2.24, 2.45) is 5.73 Å². The van der Waals surface area contributed by atoms with Crippen molar-refractivity contribution < 1.29 is 9.59 Å². The number of hydrogen-bond acceptors (Lipinski definition) is 4. The van der Waals surface area contributed by atoms with Crippen molar-refractivity contribution >= 4 is 11.8 Å². The molecule has 20 heavy (non-hydrogen) atoms. The number of nitrogens with zero attached hydrogens (tertiary/aromatic N) is 3. The largest absolute Gasteiger partial charge is 0.339 e. The highest BCUT2D eigenvalue weighted by molar-refractivity contribution is 5.79. The Hall–Kier alpha value is -1.14. The minimum Gasteiger partial charge on any atom is -0.339 e. The van der Waals surface area contributed by atoms with Crippen molar-refractivity contribution in [1.82, 2.24) is 14.7 Å². The molecule has 6 nitrogen and oxygen atoms in total. The van der Waals surface area contributed by atoms with Crippen molar-refractivity contribution in [3.8, 4) is 0 Å². The Morgan fingerprint density at radius 2 is 1.50 bits per heavy atom. The first-order valence-electron chi connectivity index (χ1n) is 7.51. The lowest BCUT2D eigenvalue weighted by Crippen LogP contribution is -2.53. The lowest BCUT2D eigenvalue weighted by Gasteiger charge is -2.36. The van der Waals surface area contributed by atoms with Gasteiger partial charge in [0.05, 0.1) is 6.54 Å². The van der Waals surface area contributed by atoms with Gasteiger partial charge in [0.15, 0.2) is 0 Å². The van der Waals surface area contributed by atoms with Crippen LogP contribution < -0.4 is 5.73 Å². The van der Waals surface area contributed by atoms with Gasteiger partial charge in [-0.15, -0.1) is 0 Å². The van der Waals surface area contributed by atoms with Crippen LogP contribution in [0.5, 0.6) is 0 Å². The van der Waals surface area contributed by atoms with Crippen LogP contribution in [0.4, 0.5) is 0 Å². The number of likely N-dealkylation sites (N-methyl/N-ethyl adjacent to an activating group) is 1. The fraction of sp³-hybridized carbons (Fsp3) is 0.857. The second-order valence-electron chi connectivity index (χ2n) is 5.40. The van der Waals surface area contributed by atoms with E-state index in [4.69, 9.17) is 5.73 Å². The van der Waals surface area contributed by atoms with E-state index in [-0.39, 0.29) is 17.9 Å². The lowest BCUT2D eigenvalue weighted by molar-refractivity contribution is -0.140. The highest BCUT2D eigenvalue weighted by Crippen LogP contribution is 2.06. The summed E-state index contributed by atoms with van der Waals surface area (Å²) >= 11 is 0. The van der Waals surface area contributed by atoms with Gasteiger partial charge >= 0.3 is 0 Å². The highest BCUT2D eigenvalue weighted by Gasteiger charge is 2.24. The van der Waals surface area contributed by atoms with E-state index >= 15 is 0 Å². The zero-order valence-electron chi connectivity index (χ0n) is 13.0. The summed E-state index contributed by atoms with van der Waals surface area (Å²) in [5.74, 6) is 0.254. The van der Waals surface area contributed by atoms with Crippen LogP contribution in [0.1, 0.15) is 27.2 Å². The van der Waals surface area contributed by atoms with Gasteiger partial charge in [-0.05, 0) is 20.0 Å². The van der Waals surface area contributed by atoms with Gasteiger partial charge < -0.3 is 15.5 Å². The van der Waals surface area contributed by atoms with E-state index < -0.39 is 0 Å². The third kappa shape index (κ3) is 5.09. The molecule has 1 aliphatic heterocycles. The molecule has 1 rings (SSSR count). The first-order valence-corrected chi connectivity index (χ1v) is 7.51. The molecule has 0 bridgehead atoms. The molecule has 2 amide bonds. The third-order valence-electron chi connectivity index (χ3n) is 3.73. The normalized spacial score (nSPS) is 17.4. The Bertz CT molecular complexity index is 321. The summed E-state index contributed by atoms with van der Waals surface area (Å²) in [6.07, 6.45) is 0.382. The summed E-state index contributed by atoms with van der Waals surface area (Å²) in [5, 5.41) is 0. The summed E-state index contributed by atoms with van der Waals surface area (Å²) < 4.78 is 0. The van der Waals surface area contributed by atoms with E-state index in [1.165, 1.54) is 0 Å². The average Bonchev–Trinajstić information content (AvgIpc) is 2.43. The van der Waals surface area contributed by atoms with Gasteiger partial charge in [0.25, 0.3) is 0 Å². The Morgan fingerprint density at radius 3 is 1.90 bits per heavy atom. The molecule has 1 atom stereocenters. The molecule has 1 saturated heterocycles. The second kappa shape index (κ2) is 8.21. The highest BCUT2D eigenvalue weighted by atomic mass is 16.2. The Labute approximate surface area is 121 Å². The van der Waals surface area contributed by atoms with Crippen LogP contribution >= 0.6 is 0 Å². The number of carbonyl (C=O) groups is 2. The van der Waals surface area contributed by atoms with Crippen LogP contribution in [-0.4, -0.2) is 78.4 Å². The third-order valence-corrected chi connectivity index (χ3v) is 3.73. The van der Waals surface area contributed by atoms with Crippen molar-refractivity contribution in [2.75, 3.05) is 45.8 Å². The van der Waals surface area contributed by atoms with Crippen LogP contribution in [0.25, 0.3) is 0 Å². The van der Waals surface area contributed by atoms with E-state index in [9.17, 15) is 9.59 Å². The minimum absolute atomic E-state index is 0.0934. The fourth-order valence-corrected chi connectivity index (χ4v) is 2.35.